The first-order chi connectivity index (χ1) is 15.2. The summed E-state index contributed by atoms with van der Waals surface area (Å²) in [5, 5.41) is 11.0. The molecule has 1 fully saturated rings. The molecule has 1 aromatic heterocycles. The van der Waals surface area contributed by atoms with E-state index in [1.165, 1.54) is 19.3 Å². The van der Waals surface area contributed by atoms with Crippen molar-refractivity contribution in [3.63, 3.8) is 0 Å². The second-order valence-corrected chi connectivity index (χ2v) is 7.91. The van der Waals surface area contributed by atoms with Gasteiger partial charge in [0.15, 0.2) is 0 Å². The molecule has 1 atom stereocenters. The summed E-state index contributed by atoms with van der Waals surface area (Å²) >= 11 is 0. The van der Waals surface area contributed by atoms with Crippen LogP contribution in [0.2, 0.25) is 0 Å². The fourth-order valence-corrected chi connectivity index (χ4v) is 4.25. The fourth-order valence-electron chi connectivity index (χ4n) is 4.25. The molecule has 0 unspecified atom stereocenters. The third kappa shape index (κ3) is 4.94. The molecule has 0 saturated carbocycles. The minimum atomic E-state index is -0.246. The molecule has 1 amide bonds. The SMILES string of the molecule is COc1ccc([C@@H](CNC(=O)Cc2n[nH]c(=O)c3ccccc23)N2CCCCC2)cc1. The Morgan fingerprint density at radius 3 is 2.52 bits per heavy atom. The molecule has 4 rings (SSSR count). The predicted molar refractivity (Wildman–Crippen MR) is 120 cm³/mol. The second kappa shape index (κ2) is 9.75. The van der Waals surface area contributed by atoms with Gasteiger partial charge in [0, 0.05) is 11.9 Å². The van der Waals surface area contributed by atoms with Crippen molar-refractivity contribution in [2.75, 3.05) is 26.7 Å². The van der Waals surface area contributed by atoms with Crippen LogP contribution in [0.4, 0.5) is 0 Å². The number of carbonyl (C=O) groups is 1. The third-order valence-electron chi connectivity index (χ3n) is 5.93. The van der Waals surface area contributed by atoms with Gasteiger partial charge in [-0.15, -0.1) is 0 Å². The maximum atomic E-state index is 12.8. The Morgan fingerprint density at radius 1 is 1.10 bits per heavy atom. The maximum Gasteiger partial charge on any atom is 0.272 e. The summed E-state index contributed by atoms with van der Waals surface area (Å²) in [6.07, 6.45) is 3.72. The summed E-state index contributed by atoms with van der Waals surface area (Å²) in [5.74, 6) is 0.710. The number of methoxy groups -OCH3 is 1. The number of likely N-dealkylation sites (tertiary alicyclic amines) is 1. The van der Waals surface area contributed by atoms with E-state index in [0.717, 1.165) is 24.4 Å². The van der Waals surface area contributed by atoms with E-state index in [2.05, 4.69) is 32.5 Å². The molecule has 162 valence electrons. The summed E-state index contributed by atoms with van der Waals surface area (Å²) in [4.78, 5) is 27.2. The minimum absolute atomic E-state index is 0.107. The van der Waals surface area contributed by atoms with Crippen molar-refractivity contribution in [3.8, 4) is 5.75 Å². The van der Waals surface area contributed by atoms with Gasteiger partial charge >= 0.3 is 0 Å². The number of carbonyl (C=O) groups excluding carboxylic acids is 1. The van der Waals surface area contributed by atoms with Crippen LogP contribution in [0, 0.1) is 0 Å². The summed E-state index contributed by atoms with van der Waals surface area (Å²) in [6.45, 7) is 2.57. The molecular weight excluding hydrogens is 392 g/mol. The van der Waals surface area contributed by atoms with Crippen LogP contribution in [0.3, 0.4) is 0 Å². The Morgan fingerprint density at radius 2 is 1.81 bits per heavy atom. The smallest absolute Gasteiger partial charge is 0.272 e. The number of nitrogens with zero attached hydrogens (tertiary/aromatic N) is 2. The van der Waals surface area contributed by atoms with Crippen molar-refractivity contribution in [1.82, 2.24) is 20.4 Å². The highest BCUT2D eigenvalue weighted by Crippen LogP contribution is 2.26. The zero-order valence-corrected chi connectivity index (χ0v) is 17.8. The van der Waals surface area contributed by atoms with Gasteiger partial charge in [-0.25, -0.2) is 5.10 Å². The summed E-state index contributed by atoms with van der Waals surface area (Å²) in [7, 11) is 1.66. The van der Waals surface area contributed by atoms with Crippen molar-refractivity contribution < 1.29 is 9.53 Å². The highest BCUT2D eigenvalue weighted by atomic mass is 16.5. The predicted octanol–water partition coefficient (Wildman–Crippen LogP) is 2.82. The largest absolute Gasteiger partial charge is 0.497 e. The van der Waals surface area contributed by atoms with Gasteiger partial charge in [-0.3, -0.25) is 14.5 Å². The number of rotatable bonds is 7. The number of benzene rings is 2. The number of amides is 1. The van der Waals surface area contributed by atoms with E-state index in [1.807, 2.05) is 24.3 Å². The van der Waals surface area contributed by atoms with Gasteiger partial charge in [0.25, 0.3) is 5.56 Å². The Labute approximate surface area is 181 Å². The Balaban J connectivity index is 1.48. The molecule has 2 heterocycles. The molecule has 2 N–H and O–H groups in total. The molecule has 0 radical (unpaired) electrons. The van der Waals surface area contributed by atoms with Gasteiger partial charge in [0.1, 0.15) is 5.75 Å². The number of hydrogen-bond donors (Lipinski definition) is 2. The molecule has 2 aromatic carbocycles. The number of piperidine rings is 1. The van der Waals surface area contributed by atoms with Crippen LogP contribution < -0.4 is 15.6 Å². The average molecular weight is 421 g/mol. The first-order valence-electron chi connectivity index (χ1n) is 10.8. The molecule has 7 nitrogen and oxygen atoms in total. The molecule has 3 aromatic rings. The fraction of sp³-hybridized carbons (Fsp3) is 0.375. The topological polar surface area (TPSA) is 87.3 Å². The van der Waals surface area contributed by atoms with E-state index in [4.69, 9.17) is 4.74 Å². The van der Waals surface area contributed by atoms with Gasteiger partial charge in [0.05, 0.1) is 30.7 Å². The van der Waals surface area contributed by atoms with E-state index in [-0.39, 0.29) is 23.9 Å². The van der Waals surface area contributed by atoms with Gasteiger partial charge < -0.3 is 10.1 Å². The van der Waals surface area contributed by atoms with Gasteiger partial charge in [-0.05, 0) is 49.7 Å². The minimum Gasteiger partial charge on any atom is -0.497 e. The number of fused-ring (bicyclic) bond motifs is 1. The highest BCUT2D eigenvalue weighted by Gasteiger charge is 2.23. The standard InChI is InChI=1S/C24H28N4O3/c1-31-18-11-9-17(10-12-18)22(28-13-5-2-6-14-28)16-25-23(29)15-21-19-7-3-4-8-20(19)24(30)27-26-21/h3-4,7-12,22H,2,5-6,13-16H2,1H3,(H,25,29)(H,27,30)/t22-/m1/s1. The summed E-state index contributed by atoms with van der Waals surface area (Å²) in [6, 6.07) is 15.4. The molecule has 1 saturated heterocycles. The number of aromatic nitrogens is 2. The lowest BCUT2D eigenvalue weighted by molar-refractivity contribution is -0.120. The first-order valence-corrected chi connectivity index (χ1v) is 10.8. The lowest BCUT2D eigenvalue weighted by Gasteiger charge is -2.35. The molecule has 0 bridgehead atoms. The number of hydrogen-bond acceptors (Lipinski definition) is 5. The van der Waals surface area contributed by atoms with Crippen LogP contribution in [0.5, 0.6) is 5.75 Å². The second-order valence-electron chi connectivity index (χ2n) is 7.91. The third-order valence-corrected chi connectivity index (χ3v) is 5.93. The number of H-pyrrole nitrogens is 1. The molecular formula is C24H28N4O3. The van der Waals surface area contributed by atoms with Crippen LogP contribution in [0.25, 0.3) is 10.8 Å². The average Bonchev–Trinajstić information content (AvgIpc) is 2.82. The van der Waals surface area contributed by atoms with Crippen LogP contribution in [0.1, 0.15) is 36.6 Å². The normalized spacial score (nSPS) is 15.5. The Bertz CT molecular complexity index is 1090. The molecule has 0 spiro atoms. The van der Waals surface area contributed by atoms with E-state index < -0.39 is 0 Å². The first kappa shape index (κ1) is 21.1. The number of nitrogens with one attached hydrogen (secondary N) is 2. The Kier molecular flexibility index (Phi) is 6.62. The summed E-state index contributed by atoms with van der Waals surface area (Å²) < 4.78 is 5.29. The molecule has 0 aliphatic carbocycles. The molecule has 1 aliphatic rings. The zero-order valence-electron chi connectivity index (χ0n) is 17.8. The lowest BCUT2D eigenvalue weighted by Crippen LogP contribution is -2.41. The maximum absolute atomic E-state index is 12.8. The van der Waals surface area contributed by atoms with E-state index in [1.54, 1.807) is 19.2 Å². The van der Waals surface area contributed by atoms with Gasteiger partial charge in [-0.2, -0.15) is 5.10 Å². The number of aromatic amines is 1. The number of ether oxygens (including phenoxy) is 1. The van der Waals surface area contributed by atoms with Crippen molar-refractivity contribution in [1.29, 1.82) is 0 Å². The van der Waals surface area contributed by atoms with Crippen LogP contribution in [0.15, 0.2) is 53.3 Å². The molecule has 31 heavy (non-hydrogen) atoms. The van der Waals surface area contributed by atoms with E-state index >= 15 is 0 Å². The van der Waals surface area contributed by atoms with Crippen LogP contribution >= 0.6 is 0 Å². The van der Waals surface area contributed by atoms with Crippen molar-refractivity contribution >= 4 is 16.7 Å². The molecule has 7 heteroatoms. The summed E-state index contributed by atoms with van der Waals surface area (Å²) in [5.41, 5.74) is 1.49. The van der Waals surface area contributed by atoms with Crippen molar-refractivity contribution in [2.24, 2.45) is 0 Å². The van der Waals surface area contributed by atoms with E-state index in [0.29, 0.717) is 23.0 Å². The van der Waals surface area contributed by atoms with Crippen LogP contribution in [-0.4, -0.2) is 47.7 Å². The van der Waals surface area contributed by atoms with E-state index in [9.17, 15) is 9.59 Å². The van der Waals surface area contributed by atoms with Crippen molar-refractivity contribution in [2.45, 2.75) is 31.7 Å². The van der Waals surface area contributed by atoms with Crippen molar-refractivity contribution in [3.05, 3.63) is 70.1 Å². The zero-order chi connectivity index (χ0) is 21.6. The van der Waals surface area contributed by atoms with Crippen LogP contribution in [-0.2, 0) is 11.2 Å². The molecule has 1 aliphatic heterocycles. The van der Waals surface area contributed by atoms with Gasteiger partial charge in [-0.1, -0.05) is 36.8 Å². The monoisotopic (exact) mass is 420 g/mol. The quantitative estimate of drug-likeness (QED) is 0.614. The Hall–Kier alpha value is -3.19. The highest BCUT2D eigenvalue weighted by molar-refractivity contribution is 5.88. The lowest BCUT2D eigenvalue weighted by atomic mass is 10.0. The van der Waals surface area contributed by atoms with Gasteiger partial charge in [0.2, 0.25) is 5.91 Å².